The first kappa shape index (κ1) is 21.1. The predicted octanol–water partition coefficient (Wildman–Crippen LogP) is 3.50. The topological polar surface area (TPSA) is 70.2 Å². The maximum atomic E-state index is 12.5. The average Bonchev–Trinajstić information content (AvgIpc) is 3.28. The van der Waals surface area contributed by atoms with E-state index in [0.717, 1.165) is 24.1 Å². The highest BCUT2D eigenvalue weighted by Gasteiger charge is 2.47. The summed E-state index contributed by atoms with van der Waals surface area (Å²) in [5.74, 6) is 0.181. The number of anilines is 1. The lowest BCUT2D eigenvalue weighted by atomic mass is 10.0. The van der Waals surface area contributed by atoms with E-state index >= 15 is 0 Å². The fourth-order valence-corrected chi connectivity index (χ4v) is 3.58. The Kier molecular flexibility index (Phi) is 6.38. The Morgan fingerprint density at radius 1 is 1.00 bits per heavy atom. The SMILES string of the molecule is CC1CC1(C)N[C@@H](C)C(=O)N[C@@H](C)C(=O)Nc1cccc(Cc2ccccc2)c1. The molecule has 1 fully saturated rings. The van der Waals surface area contributed by atoms with Gasteiger partial charge in [-0.3, -0.25) is 9.59 Å². The highest BCUT2D eigenvalue weighted by atomic mass is 16.2. The van der Waals surface area contributed by atoms with E-state index in [4.69, 9.17) is 0 Å². The van der Waals surface area contributed by atoms with E-state index in [-0.39, 0.29) is 23.4 Å². The van der Waals surface area contributed by atoms with Crippen LogP contribution >= 0.6 is 0 Å². The summed E-state index contributed by atoms with van der Waals surface area (Å²) >= 11 is 0. The van der Waals surface area contributed by atoms with Gasteiger partial charge in [-0.1, -0.05) is 49.4 Å². The Labute approximate surface area is 173 Å². The molecule has 3 N–H and O–H groups in total. The number of amides is 2. The van der Waals surface area contributed by atoms with E-state index in [1.165, 1.54) is 5.56 Å². The number of nitrogens with one attached hydrogen (secondary N) is 3. The molecule has 1 aliphatic rings. The van der Waals surface area contributed by atoms with Crippen molar-refractivity contribution in [3.63, 3.8) is 0 Å². The van der Waals surface area contributed by atoms with Crippen LogP contribution in [0.2, 0.25) is 0 Å². The van der Waals surface area contributed by atoms with E-state index in [9.17, 15) is 9.59 Å². The highest BCUT2D eigenvalue weighted by Crippen LogP contribution is 2.42. The molecule has 154 valence electrons. The second-order valence-corrected chi connectivity index (χ2v) is 8.47. The van der Waals surface area contributed by atoms with Crippen LogP contribution < -0.4 is 16.0 Å². The van der Waals surface area contributed by atoms with Crippen molar-refractivity contribution in [1.82, 2.24) is 10.6 Å². The number of rotatable bonds is 8. The lowest BCUT2D eigenvalue weighted by Gasteiger charge is -2.22. The minimum Gasteiger partial charge on any atom is -0.343 e. The van der Waals surface area contributed by atoms with Crippen LogP contribution in [0.15, 0.2) is 54.6 Å². The third kappa shape index (κ3) is 5.67. The van der Waals surface area contributed by atoms with Gasteiger partial charge in [-0.05, 0) is 62.8 Å². The van der Waals surface area contributed by atoms with Crippen molar-refractivity contribution in [2.75, 3.05) is 5.32 Å². The van der Waals surface area contributed by atoms with Crippen LogP contribution in [0, 0.1) is 5.92 Å². The number of carbonyl (C=O) groups is 2. The summed E-state index contributed by atoms with van der Waals surface area (Å²) in [5, 5.41) is 9.07. The van der Waals surface area contributed by atoms with E-state index < -0.39 is 6.04 Å². The van der Waals surface area contributed by atoms with Crippen LogP contribution in [-0.4, -0.2) is 29.4 Å². The molecule has 2 amide bonds. The molecule has 0 spiro atoms. The van der Waals surface area contributed by atoms with Gasteiger partial charge in [0.25, 0.3) is 0 Å². The zero-order chi connectivity index (χ0) is 21.0. The van der Waals surface area contributed by atoms with Crippen LogP contribution in [0.5, 0.6) is 0 Å². The van der Waals surface area contributed by atoms with Crippen molar-refractivity contribution >= 4 is 17.5 Å². The molecule has 2 unspecified atom stereocenters. The molecule has 2 aromatic carbocycles. The first-order valence-electron chi connectivity index (χ1n) is 10.3. The van der Waals surface area contributed by atoms with Crippen molar-refractivity contribution in [3.8, 4) is 0 Å². The van der Waals surface area contributed by atoms with Gasteiger partial charge in [0.1, 0.15) is 6.04 Å². The fraction of sp³-hybridized carbons (Fsp3) is 0.417. The van der Waals surface area contributed by atoms with E-state index in [0.29, 0.717) is 5.92 Å². The lowest BCUT2D eigenvalue weighted by Crippen LogP contribution is -2.51. The number of hydrogen-bond acceptors (Lipinski definition) is 3. The minimum atomic E-state index is -0.617. The van der Waals surface area contributed by atoms with Crippen LogP contribution in [0.1, 0.15) is 45.2 Å². The van der Waals surface area contributed by atoms with Crippen molar-refractivity contribution in [1.29, 1.82) is 0 Å². The number of hydrogen-bond donors (Lipinski definition) is 3. The summed E-state index contributed by atoms with van der Waals surface area (Å²) in [6, 6.07) is 17.1. The highest BCUT2D eigenvalue weighted by molar-refractivity contribution is 5.97. The van der Waals surface area contributed by atoms with Crippen LogP contribution in [0.4, 0.5) is 5.69 Å². The van der Waals surface area contributed by atoms with Gasteiger partial charge in [0.15, 0.2) is 0 Å². The average molecular weight is 394 g/mol. The smallest absolute Gasteiger partial charge is 0.246 e. The summed E-state index contributed by atoms with van der Waals surface area (Å²) in [4.78, 5) is 25.0. The molecule has 0 aromatic heterocycles. The molecule has 0 bridgehead atoms. The Morgan fingerprint density at radius 3 is 2.31 bits per heavy atom. The molecule has 0 radical (unpaired) electrons. The van der Waals surface area contributed by atoms with Gasteiger partial charge < -0.3 is 16.0 Å². The quantitative estimate of drug-likeness (QED) is 0.643. The van der Waals surface area contributed by atoms with Gasteiger partial charge >= 0.3 is 0 Å². The maximum Gasteiger partial charge on any atom is 0.246 e. The maximum absolute atomic E-state index is 12.5. The molecule has 0 heterocycles. The van der Waals surface area contributed by atoms with Gasteiger partial charge in [0.05, 0.1) is 6.04 Å². The number of benzene rings is 2. The first-order valence-corrected chi connectivity index (χ1v) is 10.3. The summed E-state index contributed by atoms with van der Waals surface area (Å²) in [6.45, 7) is 7.83. The summed E-state index contributed by atoms with van der Waals surface area (Å²) < 4.78 is 0. The molecule has 4 atom stereocenters. The standard InChI is InChI=1S/C24H31N3O2/c1-16-15-24(16,4)27-18(3)23(29)25-17(2)22(28)26-21-12-8-11-20(14-21)13-19-9-6-5-7-10-19/h5-12,14,16-18,27H,13,15H2,1-4H3,(H,25,29)(H,26,28)/t16?,17-,18-,24?/m0/s1. The molecule has 5 nitrogen and oxygen atoms in total. The minimum absolute atomic E-state index is 0.0292. The monoisotopic (exact) mass is 393 g/mol. The van der Waals surface area contributed by atoms with Crippen molar-refractivity contribution < 1.29 is 9.59 Å². The normalized spacial score (nSPS) is 22.4. The Bertz CT molecular complexity index is 867. The van der Waals surface area contributed by atoms with E-state index in [2.05, 4.69) is 41.9 Å². The van der Waals surface area contributed by atoms with E-state index in [1.54, 1.807) is 6.92 Å². The molecular formula is C24H31N3O2. The molecule has 29 heavy (non-hydrogen) atoms. The van der Waals surface area contributed by atoms with Crippen molar-refractivity contribution in [3.05, 3.63) is 65.7 Å². The third-order valence-electron chi connectivity index (χ3n) is 5.79. The number of carbonyl (C=O) groups excluding carboxylic acids is 2. The van der Waals surface area contributed by atoms with Crippen LogP contribution in [0.3, 0.4) is 0 Å². The fourth-order valence-electron chi connectivity index (χ4n) is 3.58. The predicted molar refractivity (Wildman–Crippen MR) is 117 cm³/mol. The lowest BCUT2D eigenvalue weighted by molar-refractivity contribution is -0.127. The Hall–Kier alpha value is -2.66. The zero-order valence-corrected chi connectivity index (χ0v) is 17.7. The second-order valence-electron chi connectivity index (χ2n) is 8.47. The first-order chi connectivity index (χ1) is 13.8. The summed E-state index contributed by atoms with van der Waals surface area (Å²) in [6.07, 6.45) is 1.87. The molecule has 1 saturated carbocycles. The molecule has 0 saturated heterocycles. The summed E-state index contributed by atoms with van der Waals surface area (Å²) in [5.41, 5.74) is 3.10. The zero-order valence-electron chi connectivity index (χ0n) is 17.7. The Balaban J connectivity index is 1.52. The molecule has 2 aromatic rings. The largest absolute Gasteiger partial charge is 0.343 e. The molecule has 1 aliphatic carbocycles. The van der Waals surface area contributed by atoms with Gasteiger partial charge in [0, 0.05) is 11.2 Å². The van der Waals surface area contributed by atoms with Gasteiger partial charge in [0.2, 0.25) is 11.8 Å². The van der Waals surface area contributed by atoms with Gasteiger partial charge in [-0.2, -0.15) is 0 Å². The van der Waals surface area contributed by atoms with E-state index in [1.807, 2.05) is 49.4 Å². The third-order valence-corrected chi connectivity index (χ3v) is 5.79. The van der Waals surface area contributed by atoms with Gasteiger partial charge in [-0.15, -0.1) is 0 Å². The van der Waals surface area contributed by atoms with Gasteiger partial charge in [-0.25, -0.2) is 0 Å². The van der Waals surface area contributed by atoms with Crippen molar-refractivity contribution in [2.45, 2.75) is 58.2 Å². The summed E-state index contributed by atoms with van der Waals surface area (Å²) in [7, 11) is 0. The second kappa shape index (κ2) is 8.78. The van der Waals surface area contributed by atoms with Crippen LogP contribution in [-0.2, 0) is 16.0 Å². The van der Waals surface area contributed by atoms with Crippen LogP contribution in [0.25, 0.3) is 0 Å². The van der Waals surface area contributed by atoms with Crippen molar-refractivity contribution in [2.24, 2.45) is 5.92 Å². The molecule has 0 aliphatic heterocycles. The molecule has 5 heteroatoms. The molecular weight excluding hydrogens is 362 g/mol. The Morgan fingerprint density at radius 2 is 1.66 bits per heavy atom. The molecule has 3 rings (SSSR count).